The van der Waals surface area contributed by atoms with Gasteiger partial charge >= 0.3 is 0 Å². The molecule has 2 aromatic rings. The van der Waals surface area contributed by atoms with Crippen molar-refractivity contribution < 1.29 is 29.7 Å². The number of hydrogen-bond acceptors (Lipinski definition) is 6. The summed E-state index contributed by atoms with van der Waals surface area (Å²) >= 11 is 3.03. The van der Waals surface area contributed by atoms with Gasteiger partial charge in [-0.3, -0.25) is 14.4 Å². The van der Waals surface area contributed by atoms with Crippen LogP contribution in [0, 0.1) is 0 Å². The van der Waals surface area contributed by atoms with Crippen molar-refractivity contribution in [2.75, 3.05) is 5.33 Å². The highest BCUT2D eigenvalue weighted by Crippen LogP contribution is 2.47. The van der Waals surface area contributed by atoms with Crippen molar-refractivity contribution in [2.45, 2.75) is 24.9 Å². The number of phenols is 2. The second-order valence-corrected chi connectivity index (χ2v) is 7.43. The average molecular weight is 431 g/mol. The summed E-state index contributed by atoms with van der Waals surface area (Å²) < 4.78 is 0. The van der Waals surface area contributed by atoms with E-state index in [-0.39, 0.29) is 58.2 Å². The maximum atomic E-state index is 12.9. The molecule has 0 aliphatic heterocycles. The molecule has 0 radical (unpaired) electrons. The number of aliphatic hydroxyl groups is 1. The zero-order chi connectivity index (χ0) is 19.5. The summed E-state index contributed by atoms with van der Waals surface area (Å²) in [6, 6.07) is 6.22. The third-order valence-electron chi connectivity index (χ3n) is 5.43. The average Bonchev–Trinajstić information content (AvgIpc) is 2.68. The van der Waals surface area contributed by atoms with Crippen LogP contribution in [-0.2, 0) is 17.6 Å². The molecular weight excluding hydrogens is 416 g/mol. The van der Waals surface area contributed by atoms with Crippen LogP contribution in [0.4, 0.5) is 0 Å². The third-order valence-corrected chi connectivity index (χ3v) is 5.94. The Morgan fingerprint density at radius 1 is 1.00 bits per heavy atom. The number of alkyl halides is 1. The van der Waals surface area contributed by atoms with Crippen LogP contribution in [-0.4, -0.2) is 43.6 Å². The van der Waals surface area contributed by atoms with Crippen LogP contribution in [0.25, 0.3) is 0 Å². The molecule has 1 unspecified atom stereocenters. The third kappa shape index (κ3) is 2.38. The van der Waals surface area contributed by atoms with Gasteiger partial charge in [0.15, 0.2) is 17.3 Å². The summed E-state index contributed by atoms with van der Waals surface area (Å²) in [7, 11) is 0. The van der Waals surface area contributed by atoms with E-state index >= 15 is 0 Å². The van der Waals surface area contributed by atoms with E-state index in [1.54, 1.807) is 12.1 Å². The molecule has 0 fully saturated rings. The minimum absolute atomic E-state index is 0.0505. The first-order valence-corrected chi connectivity index (χ1v) is 9.52. The van der Waals surface area contributed by atoms with E-state index in [0.29, 0.717) is 5.56 Å². The van der Waals surface area contributed by atoms with Crippen LogP contribution in [0.1, 0.15) is 49.4 Å². The molecule has 0 aromatic heterocycles. The van der Waals surface area contributed by atoms with Crippen LogP contribution in [0.5, 0.6) is 11.5 Å². The van der Waals surface area contributed by atoms with Crippen molar-refractivity contribution in [2.24, 2.45) is 0 Å². The van der Waals surface area contributed by atoms with Gasteiger partial charge in [-0.2, -0.15) is 0 Å². The van der Waals surface area contributed by atoms with Gasteiger partial charge in [0.05, 0.1) is 16.5 Å². The summed E-state index contributed by atoms with van der Waals surface area (Å²) in [6.07, 6.45) is -0.0855. The van der Waals surface area contributed by atoms with E-state index in [1.807, 2.05) is 0 Å². The number of benzene rings is 2. The Labute approximate surface area is 162 Å². The molecule has 3 N–H and O–H groups in total. The predicted octanol–water partition coefficient (Wildman–Crippen LogP) is 2.06. The Hall–Kier alpha value is -2.51. The number of ketones is 3. The first-order chi connectivity index (χ1) is 12.8. The lowest BCUT2D eigenvalue weighted by molar-refractivity contribution is -0.135. The fourth-order valence-corrected chi connectivity index (χ4v) is 4.47. The number of aromatic hydroxyl groups is 2. The number of halogens is 1. The van der Waals surface area contributed by atoms with Gasteiger partial charge in [-0.1, -0.05) is 40.2 Å². The molecule has 0 heterocycles. The van der Waals surface area contributed by atoms with E-state index in [4.69, 9.17) is 0 Å². The molecular formula is C20H15BrO6. The van der Waals surface area contributed by atoms with Gasteiger partial charge in [0.2, 0.25) is 0 Å². The van der Waals surface area contributed by atoms with Crippen LogP contribution < -0.4 is 0 Å². The predicted molar refractivity (Wildman–Crippen MR) is 98.9 cm³/mol. The number of rotatable bonds is 2. The highest BCUT2D eigenvalue weighted by Gasteiger charge is 2.44. The standard InChI is InChI=1S/C20H15BrO6/c21-8-13(22)20(27)6-5-11-12(7-20)19(26)15-14(18(11)25)16(23)9-3-1-2-4-10(9)17(15)24/h1-4,25-27H,5-8H2. The van der Waals surface area contributed by atoms with Gasteiger partial charge in [-0.25, -0.2) is 0 Å². The summed E-state index contributed by atoms with van der Waals surface area (Å²) in [4.78, 5) is 37.9. The maximum Gasteiger partial charge on any atom is 0.198 e. The molecule has 0 bridgehead atoms. The highest BCUT2D eigenvalue weighted by atomic mass is 79.9. The first-order valence-electron chi connectivity index (χ1n) is 8.40. The smallest absolute Gasteiger partial charge is 0.198 e. The lowest BCUT2D eigenvalue weighted by atomic mass is 9.73. The molecule has 2 aliphatic carbocycles. The second kappa shape index (κ2) is 6.00. The lowest BCUT2D eigenvalue weighted by Crippen LogP contribution is -2.45. The van der Waals surface area contributed by atoms with E-state index < -0.39 is 28.7 Å². The second-order valence-electron chi connectivity index (χ2n) is 6.87. The van der Waals surface area contributed by atoms with Crippen molar-refractivity contribution in [1.29, 1.82) is 0 Å². The van der Waals surface area contributed by atoms with Gasteiger partial charge in [-0.05, 0) is 12.8 Å². The van der Waals surface area contributed by atoms with Crippen LogP contribution in [0.3, 0.4) is 0 Å². The lowest BCUT2D eigenvalue weighted by Gasteiger charge is -2.34. The Kier molecular flexibility index (Phi) is 3.98. The zero-order valence-electron chi connectivity index (χ0n) is 14.1. The number of Topliss-reactive ketones (excluding diaryl/α,β-unsaturated/α-hetero) is 1. The molecule has 2 aromatic carbocycles. The largest absolute Gasteiger partial charge is 0.507 e. The van der Waals surface area contributed by atoms with E-state index in [9.17, 15) is 29.7 Å². The van der Waals surface area contributed by atoms with Crippen LogP contribution in [0.2, 0.25) is 0 Å². The van der Waals surface area contributed by atoms with Gasteiger partial charge in [0.25, 0.3) is 0 Å². The maximum absolute atomic E-state index is 12.9. The molecule has 0 saturated carbocycles. The Bertz CT molecular complexity index is 1040. The molecule has 0 spiro atoms. The molecule has 2 aliphatic rings. The van der Waals surface area contributed by atoms with Gasteiger partial charge in [0, 0.05) is 28.7 Å². The molecule has 7 heteroatoms. The zero-order valence-corrected chi connectivity index (χ0v) is 15.7. The summed E-state index contributed by atoms with van der Waals surface area (Å²) in [6.45, 7) is 0. The van der Waals surface area contributed by atoms with Crippen molar-refractivity contribution in [3.8, 4) is 11.5 Å². The van der Waals surface area contributed by atoms with Gasteiger partial charge < -0.3 is 15.3 Å². The molecule has 4 rings (SSSR count). The number of fused-ring (bicyclic) bond motifs is 3. The van der Waals surface area contributed by atoms with E-state index in [0.717, 1.165) is 0 Å². The Morgan fingerprint density at radius 3 is 2.04 bits per heavy atom. The van der Waals surface area contributed by atoms with Crippen molar-refractivity contribution >= 4 is 33.3 Å². The summed E-state index contributed by atoms with van der Waals surface area (Å²) in [5, 5.41) is 32.1. The number of carbonyl (C=O) groups excluding carboxylic acids is 3. The Morgan fingerprint density at radius 2 is 1.52 bits per heavy atom. The molecule has 6 nitrogen and oxygen atoms in total. The Balaban J connectivity index is 1.96. The van der Waals surface area contributed by atoms with Gasteiger partial charge in [-0.15, -0.1) is 0 Å². The normalized spacial score (nSPS) is 20.7. The van der Waals surface area contributed by atoms with Crippen molar-refractivity contribution in [3.05, 3.63) is 57.6 Å². The summed E-state index contributed by atoms with van der Waals surface area (Å²) in [5.41, 5.74) is -1.45. The fraction of sp³-hybridized carbons (Fsp3) is 0.250. The van der Waals surface area contributed by atoms with Crippen molar-refractivity contribution in [3.63, 3.8) is 0 Å². The number of carbonyl (C=O) groups is 3. The quantitative estimate of drug-likeness (QED) is 0.423. The van der Waals surface area contributed by atoms with E-state index in [2.05, 4.69) is 15.9 Å². The minimum atomic E-state index is -1.70. The fourth-order valence-electron chi connectivity index (χ4n) is 3.95. The molecule has 0 saturated heterocycles. The SMILES string of the molecule is O=C1c2ccccc2C(=O)c2c(O)c3c(c(O)c21)CCC(O)(C(=O)CBr)C3. The molecule has 1 atom stereocenters. The van der Waals surface area contributed by atoms with Crippen LogP contribution >= 0.6 is 15.9 Å². The van der Waals surface area contributed by atoms with Crippen LogP contribution in [0.15, 0.2) is 24.3 Å². The number of phenolic OH excluding ortho intramolecular Hbond substituents is 2. The minimum Gasteiger partial charge on any atom is -0.507 e. The van der Waals surface area contributed by atoms with Crippen molar-refractivity contribution in [1.82, 2.24) is 0 Å². The van der Waals surface area contributed by atoms with E-state index in [1.165, 1.54) is 12.1 Å². The van der Waals surface area contributed by atoms with Gasteiger partial charge in [0.1, 0.15) is 17.1 Å². The highest BCUT2D eigenvalue weighted by molar-refractivity contribution is 9.09. The molecule has 138 valence electrons. The molecule has 27 heavy (non-hydrogen) atoms. The monoisotopic (exact) mass is 430 g/mol. The summed E-state index contributed by atoms with van der Waals surface area (Å²) in [5.74, 6) is -2.37. The first kappa shape index (κ1) is 17.9. The topological polar surface area (TPSA) is 112 Å². The number of hydrogen-bond donors (Lipinski definition) is 3. The molecule has 0 amide bonds.